The molecule has 1 fully saturated rings. The SMILES string of the molecule is CC(ONC(=O)C1CCCC1NC(=O)OCC1c2ccccc2-c2ccccc21)C(=O)O. The Morgan fingerprint density at radius 2 is 1.66 bits per heavy atom. The molecule has 4 rings (SSSR count). The molecule has 8 heteroatoms. The Hall–Kier alpha value is -3.39. The summed E-state index contributed by atoms with van der Waals surface area (Å²) in [4.78, 5) is 40.6. The number of hydrogen-bond acceptors (Lipinski definition) is 5. The van der Waals surface area contributed by atoms with Gasteiger partial charge in [0.15, 0.2) is 6.10 Å². The van der Waals surface area contributed by atoms with Crippen molar-refractivity contribution in [2.24, 2.45) is 5.92 Å². The van der Waals surface area contributed by atoms with Gasteiger partial charge in [0.25, 0.3) is 0 Å². The van der Waals surface area contributed by atoms with Gasteiger partial charge in [-0.1, -0.05) is 55.0 Å². The molecule has 1 saturated carbocycles. The molecule has 0 bridgehead atoms. The molecule has 2 amide bonds. The van der Waals surface area contributed by atoms with E-state index in [9.17, 15) is 14.4 Å². The van der Waals surface area contributed by atoms with Crippen molar-refractivity contribution in [2.75, 3.05) is 6.61 Å². The van der Waals surface area contributed by atoms with Crippen LogP contribution in [0.25, 0.3) is 11.1 Å². The van der Waals surface area contributed by atoms with Gasteiger partial charge < -0.3 is 15.2 Å². The lowest BCUT2D eigenvalue weighted by atomic mass is 9.98. The van der Waals surface area contributed by atoms with Gasteiger partial charge in [-0.2, -0.15) is 0 Å². The van der Waals surface area contributed by atoms with Crippen molar-refractivity contribution in [1.29, 1.82) is 0 Å². The molecule has 0 spiro atoms. The Bertz CT molecular complexity index is 978. The highest BCUT2D eigenvalue weighted by atomic mass is 16.7. The monoisotopic (exact) mass is 438 g/mol. The van der Waals surface area contributed by atoms with Crippen molar-refractivity contribution in [1.82, 2.24) is 10.8 Å². The molecule has 0 radical (unpaired) electrons. The third-order valence-corrected chi connectivity index (χ3v) is 6.18. The first-order chi connectivity index (χ1) is 15.5. The fourth-order valence-corrected chi connectivity index (χ4v) is 4.51. The Balaban J connectivity index is 1.34. The van der Waals surface area contributed by atoms with Gasteiger partial charge in [-0.25, -0.2) is 15.1 Å². The number of nitrogens with one attached hydrogen (secondary N) is 2. The second kappa shape index (κ2) is 9.40. The highest BCUT2D eigenvalue weighted by molar-refractivity contribution is 5.81. The number of ether oxygens (including phenoxy) is 1. The predicted octanol–water partition coefficient (Wildman–Crippen LogP) is 3.21. The lowest BCUT2D eigenvalue weighted by Crippen LogP contribution is -2.45. The van der Waals surface area contributed by atoms with Crippen molar-refractivity contribution < 1.29 is 29.1 Å². The normalized spacial score (nSPS) is 20.2. The van der Waals surface area contributed by atoms with Crippen LogP contribution in [0.1, 0.15) is 43.2 Å². The van der Waals surface area contributed by atoms with Gasteiger partial charge in [0.1, 0.15) is 6.61 Å². The number of hydroxylamine groups is 1. The highest BCUT2D eigenvalue weighted by Gasteiger charge is 2.35. The van der Waals surface area contributed by atoms with Crippen LogP contribution in [0.5, 0.6) is 0 Å². The molecular formula is C24H26N2O6. The molecule has 0 saturated heterocycles. The lowest BCUT2D eigenvalue weighted by molar-refractivity contribution is -0.160. The molecule has 3 atom stereocenters. The minimum atomic E-state index is -1.18. The zero-order valence-electron chi connectivity index (χ0n) is 17.7. The summed E-state index contributed by atoms with van der Waals surface area (Å²) in [5, 5.41) is 11.7. The van der Waals surface area contributed by atoms with E-state index in [2.05, 4.69) is 35.1 Å². The zero-order valence-corrected chi connectivity index (χ0v) is 17.7. The van der Waals surface area contributed by atoms with Gasteiger partial charge >= 0.3 is 12.1 Å². The summed E-state index contributed by atoms with van der Waals surface area (Å²) in [7, 11) is 0. The van der Waals surface area contributed by atoms with E-state index in [1.54, 1.807) is 0 Å². The molecule has 3 N–H and O–H groups in total. The third-order valence-electron chi connectivity index (χ3n) is 6.18. The van der Waals surface area contributed by atoms with Gasteiger partial charge in [-0.3, -0.25) is 9.63 Å². The number of hydrogen-bond donors (Lipinski definition) is 3. The molecule has 2 aromatic rings. The number of carboxylic acids is 1. The fourth-order valence-electron chi connectivity index (χ4n) is 4.51. The Labute approximate surface area is 185 Å². The number of rotatable bonds is 7. The van der Waals surface area contributed by atoms with E-state index in [1.165, 1.54) is 6.92 Å². The second-order valence-corrected chi connectivity index (χ2v) is 8.18. The van der Waals surface area contributed by atoms with E-state index in [0.29, 0.717) is 12.8 Å². The van der Waals surface area contributed by atoms with Crippen LogP contribution in [0.2, 0.25) is 0 Å². The minimum absolute atomic E-state index is 0.0401. The molecule has 0 heterocycles. The van der Waals surface area contributed by atoms with Gasteiger partial charge in [0.2, 0.25) is 5.91 Å². The minimum Gasteiger partial charge on any atom is -0.479 e. The van der Waals surface area contributed by atoms with E-state index in [-0.39, 0.29) is 12.5 Å². The van der Waals surface area contributed by atoms with Crippen molar-refractivity contribution in [2.45, 2.75) is 44.2 Å². The molecule has 168 valence electrons. The quantitative estimate of drug-likeness (QED) is 0.572. The van der Waals surface area contributed by atoms with Crippen LogP contribution in [0.15, 0.2) is 48.5 Å². The summed E-state index contributed by atoms with van der Waals surface area (Å²) in [6, 6.07) is 15.8. The van der Waals surface area contributed by atoms with E-state index >= 15 is 0 Å². The first kappa shape index (κ1) is 21.8. The molecule has 2 aliphatic rings. The molecule has 2 aliphatic carbocycles. The first-order valence-corrected chi connectivity index (χ1v) is 10.8. The number of fused-ring (bicyclic) bond motifs is 3. The van der Waals surface area contributed by atoms with E-state index in [4.69, 9.17) is 14.7 Å². The summed E-state index contributed by atoms with van der Waals surface area (Å²) in [5.74, 6) is -2.16. The third kappa shape index (κ3) is 4.45. The van der Waals surface area contributed by atoms with Gasteiger partial charge in [0.05, 0.1) is 5.92 Å². The number of carbonyl (C=O) groups is 3. The number of carbonyl (C=O) groups excluding carboxylic acids is 2. The standard InChI is InChI=1S/C24H26N2O6/c1-14(23(28)29)32-26-22(27)19-11-6-12-21(19)25-24(30)31-13-20-17-9-4-2-7-15(17)16-8-3-5-10-18(16)20/h2-5,7-10,14,19-21H,6,11-13H2,1H3,(H,25,30)(H,26,27)(H,28,29). The smallest absolute Gasteiger partial charge is 0.407 e. The van der Waals surface area contributed by atoms with Gasteiger partial charge in [-0.15, -0.1) is 0 Å². The van der Waals surface area contributed by atoms with Crippen LogP contribution in [0, 0.1) is 5.92 Å². The number of aliphatic carboxylic acids is 1. The number of benzene rings is 2. The topological polar surface area (TPSA) is 114 Å². The molecule has 0 aliphatic heterocycles. The summed E-state index contributed by atoms with van der Waals surface area (Å²) in [5.41, 5.74) is 6.76. The number of amides is 2. The highest BCUT2D eigenvalue weighted by Crippen LogP contribution is 2.44. The lowest BCUT2D eigenvalue weighted by Gasteiger charge is -2.21. The summed E-state index contributed by atoms with van der Waals surface area (Å²) >= 11 is 0. The zero-order chi connectivity index (χ0) is 22.7. The average Bonchev–Trinajstić information content (AvgIpc) is 3.38. The van der Waals surface area contributed by atoms with Crippen LogP contribution in [-0.2, 0) is 19.2 Å². The second-order valence-electron chi connectivity index (χ2n) is 8.18. The summed E-state index contributed by atoms with van der Waals surface area (Å²) in [6.07, 6.45) is 0.244. The maximum absolute atomic E-state index is 12.5. The van der Waals surface area contributed by atoms with Crippen LogP contribution in [-0.4, -0.2) is 41.8 Å². The number of carboxylic acid groups (broad SMARTS) is 1. The summed E-state index contributed by atoms with van der Waals surface area (Å²) in [6.45, 7) is 1.52. The Kier molecular flexibility index (Phi) is 6.41. The van der Waals surface area contributed by atoms with E-state index in [0.717, 1.165) is 28.7 Å². The van der Waals surface area contributed by atoms with Crippen molar-refractivity contribution in [3.63, 3.8) is 0 Å². The van der Waals surface area contributed by atoms with Crippen molar-refractivity contribution >= 4 is 18.0 Å². The van der Waals surface area contributed by atoms with E-state index in [1.807, 2.05) is 24.3 Å². The van der Waals surface area contributed by atoms with Gasteiger partial charge in [-0.05, 0) is 42.0 Å². The molecule has 8 nitrogen and oxygen atoms in total. The largest absolute Gasteiger partial charge is 0.479 e. The van der Waals surface area contributed by atoms with Crippen LogP contribution in [0.3, 0.4) is 0 Å². The molecule has 2 aromatic carbocycles. The molecule has 32 heavy (non-hydrogen) atoms. The van der Waals surface area contributed by atoms with Gasteiger partial charge in [0, 0.05) is 12.0 Å². The van der Waals surface area contributed by atoms with Crippen molar-refractivity contribution in [3.05, 3.63) is 59.7 Å². The maximum Gasteiger partial charge on any atom is 0.407 e. The fraction of sp³-hybridized carbons (Fsp3) is 0.375. The molecule has 0 aromatic heterocycles. The molecular weight excluding hydrogens is 412 g/mol. The van der Waals surface area contributed by atoms with Crippen molar-refractivity contribution in [3.8, 4) is 11.1 Å². The van der Waals surface area contributed by atoms with Crippen LogP contribution < -0.4 is 10.8 Å². The molecule has 3 unspecified atom stereocenters. The van der Waals surface area contributed by atoms with Crippen LogP contribution in [0.4, 0.5) is 4.79 Å². The average molecular weight is 438 g/mol. The Morgan fingerprint density at radius 1 is 1.03 bits per heavy atom. The summed E-state index contributed by atoms with van der Waals surface area (Å²) < 4.78 is 5.57. The number of alkyl carbamates (subject to hydrolysis) is 1. The Morgan fingerprint density at radius 3 is 2.28 bits per heavy atom. The maximum atomic E-state index is 12.5. The van der Waals surface area contributed by atoms with Crippen LogP contribution >= 0.6 is 0 Å². The van der Waals surface area contributed by atoms with E-state index < -0.39 is 36.0 Å². The predicted molar refractivity (Wildman–Crippen MR) is 116 cm³/mol. The first-order valence-electron chi connectivity index (χ1n) is 10.8.